The number of amides is 3. The third-order valence-corrected chi connectivity index (χ3v) is 9.43. The van der Waals surface area contributed by atoms with Crippen molar-refractivity contribution in [3.63, 3.8) is 0 Å². The molecule has 1 atom stereocenters. The second-order valence-corrected chi connectivity index (χ2v) is 13.2. The molecule has 246 valence electrons. The van der Waals surface area contributed by atoms with Gasteiger partial charge >= 0.3 is 0 Å². The summed E-state index contributed by atoms with van der Waals surface area (Å²) >= 11 is 5.79. The van der Waals surface area contributed by atoms with Crippen LogP contribution in [0.25, 0.3) is 5.65 Å². The van der Waals surface area contributed by atoms with Gasteiger partial charge in [0.25, 0.3) is 21.8 Å². The summed E-state index contributed by atoms with van der Waals surface area (Å²) in [7, 11) is -2.65. The number of hydrogen-bond donors (Lipinski definition) is 3. The van der Waals surface area contributed by atoms with Gasteiger partial charge in [-0.15, -0.1) is 0 Å². The molecule has 47 heavy (non-hydrogen) atoms. The van der Waals surface area contributed by atoms with Crippen molar-refractivity contribution in [2.45, 2.75) is 37.6 Å². The van der Waals surface area contributed by atoms with Gasteiger partial charge in [0.2, 0.25) is 5.91 Å². The van der Waals surface area contributed by atoms with Gasteiger partial charge in [0, 0.05) is 19.2 Å². The summed E-state index contributed by atoms with van der Waals surface area (Å²) in [6.45, 7) is 1.70. The molecule has 16 heteroatoms. The third kappa shape index (κ3) is 7.41. The maximum absolute atomic E-state index is 14.5. The summed E-state index contributed by atoms with van der Waals surface area (Å²) < 4.78 is 61.6. The van der Waals surface area contributed by atoms with Crippen molar-refractivity contribution < 1.29 is 36.3 Å². The van der Waals surface area contributed by atoms with Crippen LogP contribution in [0.4, 0.5) is 8.78 Å². The summed E-state index contributed by atoms with van der Waals surface area (Å²) in [5.41, 5.74) is -0.465. The molecule has 4 aromatic rings. The first kappa shape index (κ1) is 33.5. The number of rotatable bonds is 10. The smallest absolute Gasteiger partial charge is 0.270 e. The molecular weight excluding hydrogens is 658 g/mol. The molecule has 5 rings (SSSR count). The Morgan fingerprint density at radius 2 is 1.74 bits per heavy atom. The minimum Gasteiger partial charge on any atom is -0.497 e. The molecule has 1 unspecified atom stereocenters. The average molecular weight is 687 g/mol. The van der Waals surface area contributed by atoms with Crippen molar-refractivity contribution in [1.29, 1.82) is 0 Å². The molecular formula is C31H29ClF2N6O6S. The molecule has 0 bridgehead atoms. The maximum atomic E-state index is 14.5. The second kappa shape index (κ2) is 13.5. The second-order valence-electron chi connectivity index (χ2n) is 11.1. The van der Waals surface area contributed by atoms with Crippen LogP contribution in [-0.2, 0) is 21.4 Å². The minimum atomic E-state index is -4.11. The highest BCUT2D eigenvalue weighted by molar-refractivity contribution is 7.90. The Labute approximate surface area is 273 Å². The lowest BCUT2D eigenvalue weighted by Crippen LogP contribution is -2.43. The van der Waals surface area contributed by atoms with Crippen LogP contribution in [-0.4, -0.2) is 54.4 Å². The molecule has 0 saturated carbocycles. The van der Waals surface area contributed by atoms with Crippen molar-refractivity contribution in [2.75, 3.05) is 13.7 Å². The number of hydrogen-bond acceptors (Lipinski definition) is 8. The molecule has 2 aromatic heterocycles. The van der Waals surface area contributed by atoms with Crippen molar-refractivity contribution in [1.82, 2.24) is 30.0 Å². The summed E-state index contributed by atoms with van der Waals surface area (Å²) in [5.74, 6) is -3.02. The van der Waals surface area contributed by atoms with Gasteiger partial charge in [-0.05, 0) is 61.2 Å². The van der Waals surface area contributed by atoms with E-state index in [2.05, 4.69) is 25.4 Å². The predicted octanol–water partition coefficient (Wildman–Crippen LogP) is 3.95. The van der Waals surface area contributed by atoms with Gasteiger partial charge < -0.3 is 15.4 Å². The first-order valence-electron chi connectivity index (χ1n) is 14.2. The van der Waals surface area contributed by atoms with Crippen molar-refractivity contribution in [3.05, 3.63) is 100.0 Å². The van der Waals surface area contributed by atoms with Crippen molar-refractivity contribution >= 4 is 45.0 Å². The van der Waals surface area contributed by atoms with E-state index in [0.717, 1.165) is 22.4 Å². The number of aromatic nitrogens is 3. The number of carbonyl (C=O) groups excluding carboxylic acids is 3. The monoisotopic (exact) mass is 686 g/mol. The normalized spacial score (nSPS) is 16.3. The zero-order valence-electron chi connectivity index (χ0n) is 25.1. The number of allylic oxidation sites excluding steroid dienone is 1. The van der Waals surface area contributed by atoms with Gasteiger partial charge in [0.15, 0.2) is 11.5 Å². The van der Waals surface area contributed by atoms with Crippen LogP contribution in [0, 0.1) is 17.0 Å². The molecule has 2 heterocycles. The van der Waals surface area contributed by atoms with E-state index in [1.807, 2.05) is 0 Å². The van der Waals surface area contributed by atoms with Crippen LogP contribution in [0.2, 0.25) is 5.02 Å². The lowest BCUT2D eigenvalue weighted by Gasteiger charge is -2.31. The van der Waals surface area contributed by atoms with Gasteiger partial charge in [-0.3, -0.25) is 14.4 Å². The average Bonchev–Trinajstić information content (AvgIpc) is 3.44. The van der Waals surface area contributed by atoms with E-state index < -0.39 is 44.8 Å². The van der Waals surface area contributed by atoms with Gasteiger partial charge in [-0.25, -0.2) is 31.4 Å². The zero-order valence-corrected chi connectivity index (χ0v) is 26.7. The fraction of sp³-hybridized carbons (Fsp3) is 0.258. The molecule has 0 radical (unpaired) electrons. The number of nitrogens with zero attached hydrogens (tertiary/aromatic N) is 3. The number of nitrogens with one attached hydrogen (secondary N) is 3. The molecule has 3 amide bonds. The van der Waals surface area contributed by atoms with Crippen LogP contribution in [0.3, 0.4) is 0 Å². The SMILES string of the molecule is COc1ccc(S(=O)(=O)NC(=O)C2(C)CC=C(CNC(=O)c3cc(C(=O)NCc4ccc(F)c(Cl)c4)nc4c(F)cnn34)CC2)cc1. The molecule has 2 aromatic carbocycles. The van der Waals surface area contributed by atoms with E-state index in [1.54, 1.807) is 13.0 Å². The Balaban J connectivity index is 1.23. The van der Waals surface area contributed by atoms with Crippen molar-refractivity contribution in [2.24, 2.45) is 5.41 Å². The first-order valence-corrected chi connectivity index (χ1v) is 16.1. The summed E-state index contributed by atoms with van der Waals surface area (Å²) in [5, 5.41) is 9.06. The van der Waals surface area contributed by atoms with E-state index in [9.17, 15) is 31.6 Å². The topological polar surface area (TPSA) is 161 Å². The van der Waals surface area contributed by atoms with Crippen molar-refractivity contribution in [3.8, 4) is 5.75 Å². The zero-order chi connectivity index (χ0) is 33.9. The standard InChI is InChI=1S/C31H29ClF2N6O6S/c1-31(30(43)39-47(44,45)21-6-4-20(46-2)5-7-21)11-9-18(10-12-31)15-36-29(42)26-14-25(38-27-24(34)17-37-40(26)27)28(41)35-16-19-3-8-23(33)22(32)13-19/h3-9,13-14,17H,10-12,15-16H2,1-2H3,(H,35,41)(H,36,42)(H,39,43). The number of methoxy groups -OCH3 is 1. The highest BCUT2D eigenvalue weighted by Crippen LogP contribution is 2.35. The Hall–Kier alpha value is -4.89. The number of sulfonamides is 1. The highest BCUT2D eigenvalue weighted by Gasteiger charge is 2.37. The maximum Gasteiger partial charge on any atom is 0.270 e. The quantitative estimate of drug-likeness (QED) is 0.212. The van der Waals surface area contributed by atoms with Gasteiger partial charge in [0.1, 0.15) is 23.0 Å². The fourth-order valence-electron chi connectivity index (χ4n) is 4.86. The largest absolute Gasteiger partial charge is 0.497 e. The lowest BCUT2D eigenvalue weighted by molar-refractivity contribution is -0.128. The number of carbonyl (C=O) groups is 3. The molecule has 0 aliphatic heterocycles. The van der Waals surface area contributed by atoms with Gasteiger partial charge in [-0.1, -0.05) is 36.2 Å². The summed E-state index contributed by atoms with van der Waals surface area (Å²) in [4.78, 5) is 43.1. The van der Waals surface area contributed by atoms with E-state index in [4.69, 9.17) is 16.3 Å². The molecule has 1 aliphatic rings. The number of ether oxygens (including phenoxy) is 1. The molecule has 1 aliphatic carbocycles. The lowest BCUT2D eigenvalue weighted by atomic mass is 9.76. The predicted molar refractivity (Wildman–Crippen MR) is 166 cm³/mol. The van der Waals surface area contributed by atoms with Gasteiger partial charge in [-0.2, -0.15) is 5.10 Å². The minimum absolute atomic E-state index is 0.0342. The fourth-order valence-corrected chi connectivity index (χ4v) is 6.16. The first-order chi connectivity index (χ1) is 22.3. The Morgan fingerprint density at radius 1 is 1.02 bits per heavy atom. The molecule has 12 nitrogen and oxygen atoms in total. The highest BCUT2D eigenvalue weighted by atomic mass is 35.5. The Morgan fingerprint density at radius 3 is 2.40 bits per heavy atom. The molecule has 0 fully saturated rings. The summed E-state index contributed by atoms with van der Waals surface area (Å²) in [6, 6.07) is 10.7. The van der Waals surface area contributed by atoms with Gasteiger partial charge in [0.05, 0.1) is 28.6 Å². The van der Waals surface area contributed by atoms with E-state index in [-0.39, 0.29) is 46.5 Å². The molecule has 3 N–H and O–H groups in total. The molecule has 0 spiro atoms. The van der Waals surface area contributed by atoms with E-state index >= 15 is 0 Å². The third-order valence-electron chi connectivity index (χ3n) is 7.79. The Kier molecular flexibility index (Phi) is 9.58. The van der Waals surface area contributed by atoms with Crippen LogP contribution >= 0.6 is 11.6 Å². The number of fused-ring (bicyclic) bond motifs is 1. The Bertz CT molecular complexity index is 2020. The number of benzene rings is 2. The van der Waals surface area contributed by atoms with E-state index in [0.29, 0.717) is 24.2 Å². The van der Waals surface area contributed by atoms with E-state index in [1.165, 1.54) is 49.6 Å². The number of halogens is 3. The van der Waals surface area contributed by atoms with Crippen LogP contribution < -0.4 is 20.1 Å². The summed E-state index contributed by atoms with van der Waals surface area (Å²) in [6.07, 6.45) is 3.54. The molecule has 0 saturated heterocycles. The van der Waals surface area contributed by atoms with Crippen LogP contribution in [0.15, 0.2) is 71.3 Å². The van der Waals surface area contributed by atoms with Crippen LogP contribution in [0.1, 0.15) is 52.7 Å². The van der Waals surface area contributed by atoms with Crippen LogP contribution in [0.5, 0.6) is 5.75 Å².